The molecular formula is C20H21N3O4. The number of hydrogen-bond donors (Lipinski definition) is 1. The number of ether oxygens (including phenoxy) is 2. The molecule has 1 aromatic carbocycles. The van der Waals surface area contributed by atoms with Crippen molar-refractivity contribution >= 4 is 11.6 Å². The van der Waals surface area contributed by atoms with Gasteiger partial charge >= 0.3 is 0 Å². The van der Waals surface area contributed by atoms with E-state index in [0.717, 1.165) is 5.56 Å². The van der Waals surface area contributed by atoms with E-state index >= 15 is 0 Å². The highest BCUT2D eigenvalue weighted by Gasteiger charge is 2.14. The normalized spacial score (nSPS) is 10.8. The van der Waals surface area contributed by atoms with Crippen LogP contribution in [0.1, 0.15) is 29.8 Å². The van der Waals surface area contributed by atoms with Gasteiger partial charge in [-0.3, -0.25) is 14.0 Å². The fourth-order valence-corrected chi connectivity index (χ4v) is 2.63. The van der Waals surface area contributed by atoms with E-state index in [1.807, 2.05) is 19.9 Å². The predicted octanol–water partition coefficient (Wildman–Crippen LogP) is 2.42. The van der Waals surface area contributed by atoms with E-state index in [2.05, 4.69) is 10.3 Å². The van der Waals surface area contributed by atoms with Gasteiger partial charge in [0.1, 0.15) is 11.2 Å². The van der Waals surface area contributed by atoms with Gasteiger partial charge in [0.15, 0.2) is 11.5 Å². The van der Waals surface area contributed by atoms with Crippen molar-refractivity contribution in [1.82, 2.24) is 14.7 Å². The number of amides is 1. The van der Waals surface area contributed by atoms with Crippen LogP contribution in [0.4, 0.5) is 0 Å². The van der Waals surface area contributed by atoms with E-state index in [-0.39, 0.29) is 18.2 Å². The molecule has 2 aromatic heterocycles. The standard InChI is InChI=1S/C20H21N3O4/c1-13(2)27-16-8-7-14(10-17(16)26-3)11-22-19(24)15-12-21-18-6-4-5-9-23(18)20(15)25/h4-10,12-13H,11H2,1-3H3,(H,22,24). The molecule has 3 aromatic rings. The summed E-state index contributed by atoms with van der Waals surface area (Å²) in [5.74, 6) is 0.745. The molecular weight excluding hydrogens is 346 g/mol. The molecule has 0 saturated carbocycles. The maximum atomic E-state index is 12.5. The van der Waals surface area contributed by atoms with Crippen molar-refractivity contribution in [2.24, 2.45) is 0 Å². The molecule has 1 amide bonds. The zero-order chi connectivity index (χ0) is 19.4. The highest BCUT2D eigenvalue weighted by atomic mass is 16.5. The molecule has 0 bridgehead atoms. The van der Waals surface area contributed by atoms with Crippen LogP contribution in [-0.2, 0) is 6.54 Å². The molecule has 0 aliphatic rings. The van der Waals surface area contributed by atoms with Gasteiger partial charge in [0.25, 0.3) is 11.5 Å². The lowest BCUT2D eigenvalue weighted by Crippen LogP contribution is -2.31. The highest BCUT2D eigenvalue weighted by molar-refractivity contribution is 5.93. The predicted molar refractivity (Wildman–Crippen MR) is 101 cm³/mol. The van der Waals surface area contributed by atoms with E-state index in [9.17, 15) is 9.59 Å². The van der Waals surface area contributed by atoms with Crippen LogP contribution < -0.4 is 20.3 Å². The van der Waals surface area contributed by atoms with E-state index in [0.29, 0.717) is 17.1 Å². The first-order valence-electron chi connectivity index (χ1n) is 8.57. The van der Waals surface area contributed by atoms with Gasteiger partial charge in [0.2, 0.25) is 0 Å². The number of nitrogens with one attached hydrogen (secondary N) is 1. The van der Waals surface area contributed by atoms with Gasteiger partial charge in [-0.1, -0.05) is 12.1 Å². The minimum atomic E-state index is -0.479. The molecule has 27 heavy (non-hydrogen) atoms. The van der Waals surface area contributed by atoms with Gasteiger partial charge in [-0.2, -0.15) is 0 Å². The van der Waals surface area contributed by atoms with Crippen molar-refractivity contribution in [2.45, 2.75) is 26.5 Å². The summed E-state index contributed by atoms with van der Waals surface area (Å²) in [6.45, 7) is 4.11. The number of benzene rings is 1. The van der Waals surface area contributed by atoms with Gasteiger partial charge in [0.05, 0.1) is 13.2 Å². The zero-order valence-electron chi connectivity index (χ0n) is 15.4. The number of fused-ring (bicyclic) bond motifs is 1. The van der Waals surface area contributed by atoms with Gasteiger partial charge < -0.3 is 14.8 Å². The monoisotopic (exact) mass is 367 g/mol. The second-order valence-corrected chi connectivity index (χ2v) is 6.24. The lowest BCUT2D eigenvalue weighted by atomic mass is 10.2. The number of aromatic nitrogens is 2. The summed E-state index contributed by atoms with van der Waals surface area (Å²) in [5.41, 5.74) is 0.900. The van der Waals surface area contributed by atoms with E-state index < -0.39 is 11.5 Å². The van der Waals surface area contributed by atoms with Crippen molar-refractivity contribution in [3.05, 3.63) is 70.3 Å². The van der Waals surface area contributed by atoms with Crippen LogP contribution in [0, 0.1) is 0 Å². The topological polar surface area (TPSA) is 81.9 Å². The highest BCUT2D eigenvalue weighted by Crippen LogP contribution is 2.28. The summed E-state index contributed by atoms with van der Waals surface area (Å²) in [5, 5.41) is 2.74. The summed E-state index contributed by atoms with van der Waals surface area (Å²) in [6.07, 6.45) is 2.91. The second-order valence-electron chi connectivity index (χ2n) is 6.24. The van der Waals surface area contributed by atoms with Crippen molar-refractivity contribution in [3.8, 4) is 11.5 Å². The molecule has 0 aliphatic heterocycles. The van der Waals surface area contributed by atoms with E-state index in [4.69, 9.17) is 9.47 Å². The summed E-state index contributed by atoms with van der Waals surface area (Å²) < 4.78 is 12.4. The molecule has 0 atom stereocenters. The molecule has 0 radical (unpaired) electrons. The third-order valence-electron chi connectivity index (χ3n) is 3.90. The van der Waals surface area contributed by atoms with Crippen molar-refractivity contribution < 1.29 is 14.3 Å². The van der Waals surface area contributed by atoms with Gasteiger partial charge in [-0.05, 0) is 43.7 Å². The van der Waals surface area contributed by atoms with E-state index in [1.165, 1.54) is 10.6 Å². The molecule has 1 N–H and O–H groups in total. The summed E-state index contributed by atoms with van der Waals surface area (Å²) in [7, 11) is 1.56. The zero-order valence-corrected chi connectivity index (χ0v) is 15.4. The van der Waals surface area contributed by atoms with Crippen molar-refractivity contribution in [3.63, 3.8) is 0 Å². The summed E-state index contributed by atoms with van der Waals surface area (Å²) in [4.78, 5) is 29.0. The van der Waals surface area contributed by atoms with Gasteiger partial charge in [-0.25, -0.2) is 4.98 Å². The smallest absolute Gasteiger partial charge is 0.270 e. The molecule has 2 heterocycles. The van der Waals surface area contributed by atoms with E-state index in [1.54, 1.807) is 43.6 Å². The quantitative estimate of drug-likeness (QED) is 0.724. The Labute approximate surface area is 156 Å². The first-order valence-corrected chi connectivity index (χ1v) is 8.57. The van der Waals surface area contributed by atoms with Crippen molar-refractivity contribution in [2.75, 3.05) is 7.11 Å². The number of pyridine rings is 1. The largest absolute Gasteiger partial charge is 0.493 e. The Balaban J connectivity index is 1.76. The summed E-state index contributed by atoms with van der Waals surface area (Å²) in [6, 6.07) is 10.6. The maximum absolute atomic E-state index is 12.5. The van der Waals surface area contributed by atoms with Crippen LogP contribution in [-0.4, -0.2) is 28.5 Å². The molecule has 3 rings (SSSR count). The van der Waals surface area contributed by atoms with Gasteiger partial charge in [0, 0.05) is 18.9 Å². The molecule has 140 valence electrons. The van der Waals surface area contributed by atoms with Crippen LogP contribution in [0.2, 0.25) is 0 Å². The van der Waals surface area contributed by atoms with Crippen LogP contribution in [0.3, 0.4) is 0 Å². The van der Waals surface area contributed by atoms with Crippen LogP contribution in [0.5, 0.6) is 11.5 Å². The lowest BCUT2D eigenvalue weighted by molar-refractivity contribution is 0.0949. The SMILES string of the molecule is COc1cc(CNC(=O)c2cnc3ccccn3c2=O)ccc1OC(C)C. The third-order valence-corrected chi connectivity index (χ3v) is 3.90. The Bertz CT molecular complexity index is 1030. The fourth-order valence-electron chi connectivity index (χ4n) is 2.63. The van der Waals surface area contributed by atoms with Gasteiger partial charge in [-0.15, -0.1) is 0 Å². The number of carbonyl (C=O) groups excluding carboxylic acids is 1. The number of hydrogen-bond acceptors (Lipinski definition) is 5. The Kier molecular flexibility index (Phi) is 5.40. The first kappa shape index (κ1) is 18.4. The average molecular weight is 367 g/mol. The molecule has 0 aliphatic carbocycles. The van der Waals surface area contributed by atoms with Crippen LogP contribution in [0.25, 0.3) is 5.65 Å². The molecule has 0 unspecified atom stereocenters. The Morgan fingerprint density at radius 3 is 2.78 bits per heavy atom. The number of rotatable bonds is 6. The summed E-state index contributed by atoms with van der Waals surface area (Å²) >= 11 is 0. The minimum Gasteiger partial charge on any atom is -0.493 e. The lowest BCUT2D eigenvalue weighted by Gasteiger charge is -2.14. The molecule has 0 saturated heterocycles. The number of methoxy groups -OCH3 is 1. The maximum Gasteiger partial charge on any atom is 0.270 e. The average Bonchev–Trinajstić information content (AvgIpc) is 2.67. The fraction of sp³-hybridized carbons (Fsp3) is 0.250. The van der Waals surface area contributed by atoms with Crippen molar-refractivity contribution in [1.29, 1.82) is 0 Å². The van der Waals surface area contributed by atoms with Crippen LogP contribution in [0.15, 0.2) is 53.6 Å². The number of carbonyl (C=O) groups is 1. The third kappa shape index (κ3) is 4.08. The second kappa shape index (κ2) is 7.90. The Hall–Kier alpha value is -3.35. The number of nitrogens with zero attached hydrogens (tertiary/aromatic N) is 2. The Morgan fingerprint density at radius 2 is 2.04 bits per heavy atom. The van der Waals surface area contributed by atoms with Crippen LogP contribution >= 0.6 is 0 Å². The first-order chi connectivity index (χ1) is 13.0. The molecule has 0 spiro atoms. The molecule has 7 heteroatoms. The molecule has 0 fully saturated rings. The Morgan fingerprint density at radius 1 is 1.22 bits per heavy atom. The minimum absolute atomic E-state index is 0.00886. The molecule has 7 nitrogen and oxygen atoms in total.